The Balaban J connectivity index is 2.22. The number of benzene rings is 1. The van der Waals surface area contributed by atoms with E-state index < -0.39 is 14.9 Å². The molecule has 1 aromatic carbocycles. The Morgan fingerprint density at radius 2 is 1.70 bits per heavy atom. The highest BCUT2D eigenvalue weighted by Crippen LogP contribution is 2.27. The smallest absolute Gasteiger partial charge is 0.258 e. The van der Waals surface area contributed by atoms with Crippen molar-refractivity contribution in [2.75, 3.05) is 7.05 Å². The van der Waals surface area contributed by atoms with E-state index in [0.29, 0.717) is 0 Å². The van der Waals surface area contributed by atoms with Crippen LogP contribution >= 0.6 is 0 Å². The molecule has 1 fully saturated rings. The SMILES string of the molecule is CN(C1CCCCC1)S(=O)(=O)c1ccc([N+](=O)[O-])cc1. The van der Waals surface area contributed by atoms with E-state index in [-0.39, 0.29) is 16.6 Å². The topological polar surface area (TPSA) is 80.5 Å². The van der Waals surface area contributed by atoms with Crippen molar-refractivity contribution in [3.8, 4) is 0 Å². The molecule has 0 saturated heterocycles. The lowest BCUT2D eigenvalue weighted by molar-refractivity contribution is -0.384. The fourth-order valence-electron chi connectivity index (χ4n) is 2.55. The number of hydrogen-bond acceptors (Lipinski definition) is 4. The van der Waals surface area contributed by atoms with E-state index >= 15 is 0 Å². The molecule has 0 N–H and O–H groups in total. The summed E-state index contributed by atoms with van der Waals surface area (Å²) in [5.41, 5.74) is -0.107. The molecule has 1 aromatic rings. The van der Waals surface area contributed by atoms with Gasteiger partial charge >= 0.3 is 0 Å². The summed E-state index contributed by atoms with van der Waals surface area (Å²) in [6.07, 6.45) is 5.00. The fraction of sp³-hybridized carbons (Fsp3) is 0.538. The van der Waals surface area contributed by atoms with Gasteiger partial charge in [-0.3, -0.25) is 10.1 Å². The minimum atomic E-state index is -3.57. The quantitative estimate of drug-likeness (QED) is 0.632. The van der Waals surface area contributed by atoms with Crippen LogP contribution in [0, 0.1) is 10.1 Å². The van der Waals surface area contributed by atoms with E-state index in [0.717, 1.165) is 32.1 Å². The average Bonchev–Trinajstić information content (AvgIpc) is 2.47. The van der Waals surface area contributed by atoms with Crippen molar-refractivity contribution >= 4 is 15.7 Å². The third-order valence-corrected chi connectivity index (χ3v) is 5.74. The minimum Gasteiger partial charge on any atom is -0.258 e. The molecule has 0 radical (unpaired) electrons. The van der Waals surface area contributed by atoms with Gasteiger partial charge in [0.1, 0.15) is 0 Å². The molecule has 20 heavy (non-hydrogen) atoms. The first kappa shape index (κ1) is 14.9. The highest BCUT2D eigenvalue weighted by Gasteiger charge is 2.29. The van der Waals surface area contributed by atoms with Gasteiger partial charge in [0.25, 0.3) is 5.69 Å². The summed E-state index contributed by atoms with van der Waals surface area (Å²) in [7, 11) is -1.98. The number of nitro benzene ring substituents is 1. The minimum absolute atomic E-state index is 0.0314. The third-order valence-electron chi connectivity index (χ3n) is 3.81. The zero-order valence-electron chi connectivity index (χ0n) is 11.4. The maximum atomic E-state index is 12.5. The van der Waals surface area contributed by atoms with Gasteiger partial charge in [0.2, 0.25) is 10.0 Å². The Morgan fingerprint density at radius 3 is 2.20 bits per heavy atom. The normalized spacial score (nSPS) is 17.3. The lowest BCUT2D eigenvalue weighted by Gasteiger charge is -2.30. The van der Waals surface area contributed by atoms with E-state index in [1.54, 1.807) is 7.05 Å². The summed E-state index contributed by atoms with van der Waals surface area (Å²) in [6, 6.07) is 5.08. The standard InChI is InChI=1S/C13H18N2O4S/c1-14(11-5-3-2-4-6-11)20(18,19)13-9-7-12(8-10-13)15(16)17/h7-11H,2-6H2,1H3. The Kier molecular flexibility index (Phi) is 4.39. The lowest BCUT2D eigenvalue weighted by Crippen LogP contribution is -2.38. The van der Waals surface area contributed by atoms with Crippen LogP contribution in [0.1, 0.15) is 32.1 Å². The molecule has 110 valence electrons. The lowest BCUT2D eigenvalue weighted by atomic mass is 9.96. The molecule has 0 atom stereocenters. The monoisotopic (exact) mass is 298 g/mol. The van der Waals surface area contributed by atoms with Crippen molar-refractivity contribution in [3.63, 3.8) is 0 Å². The van der Waals surface area contributed by atoms with Gasteiger partial charge in [-0.1, -0.05) is 19.3 Å². The van der Waals surface area contributed by atoms with Gasteiger partial charge in [0, 0.05) is 25.2 Å². The molecule has 6 nitrogen and oxygen atoms in total. The van der Waals surface area contributed by atoms with Crippen LogP contribution in [0.4, 0.5) is 5.69 Å². The number of nitrogens with zero attached hydrogens (tertiary/aromatic N) is 2. The van der Waals surface area contributed by atoms with E-state index in [2.05, 4.69) is 0 Å². The van der Waals surface area contributed by atoms with Gasteiger partial charge in [-0.05, 0) is 25.0 Å². The summed E-state index contributed by atoms with van der Waals surface area (Å²) in [5.74, 6) is 0. The molecule has 0 aliphatic heterocycles. The summed E-state index contributed by atoms with van der Waals surface area (Å²) in [4.78, 5) is 10.2. The molecule has 0 unspecified atom stereocenters. The van der Waals surface area contributed by atoms with E-state index in [9.17, 15) is 18.5 Å². The second kappa shape index (κ2) is 5.88. The zero-order chi connectivity index (χ0) is 14.8. The second-order valence-corrected chi connectivity index (χ2v) is 7.06. The number of nitro groups is 1. The number of hydrogen-bond donors (Lipinski definition) is 0. The van der Waals surface area contributed by atoms with E-state index in [1.165, 1.54) is 28.6 Å². The zero-order valence-corrected chi connectivity index (χ0v) is 12.2. The van der Waals surface area contributed by atoms with Crippen LogP contribution in [0.25, 0.3) is 0 Å². The number of sulfonamides is 1. The molecule has 0 amide bonds. The molecule has 1 saturated carbocycles. The first-order chi connectivity index (χ1) is 9.43. The van der Waals surface area contributed by atoms with Gasteiger partial charge in [0.15, 0.2) is 0 Å². The largest absolute Gasteiger partial charge is 0.269 e. The van der Waals surface area contributed by atoms with Crippen LogP contribution in [0.15, 0.2) is 29.2 Å². The van der Waals surface area contributed by atoms with Gasteiger partial charge in [-0.25, -0.2) is 8.42 Å². The summed E-state index contributed by atoms with van der Waals surface area (Å²) in [6.45, 7) is 0. The van der Waals surface area contributed by atoms with Gasteiger partial charge in [0.05, 0.1) is 9.82 Å². The first-order valence-corrected chi connectivity index (χ1v) is 8.09. The Morgan fingerprint density at radius 1 is 1.15 bits per heavy atom. The number of non-ortho nitro benzene ring substituents is 1. The molecule has 0 spiro atoms. The van der Waals surface area contributed by atoms with Crippen molar-refractivity contribution in [3.05, 3.63) is 34.4 Å². The number of rotatable bonds is 4. The van der Waals surface area contributed by atoms with Crippen LogP contribution in [0.2, 0.25) is 0 Å². The predicted octanol–water partition coefficient (Wildman–Crippen LogP) is 2.55. The molecule has 0 heterocycles. The molecule has 1 aliphatic carbocycles. The van der Waals surface area contributed by atoms with Gasteiger partial charge in [-0.2, -0.15) is 4.31 Å². The van der Waals surface area contributed by atoms with Crippen molar-refractivity contribution < 1.29 is 13.3 Å². The summed E-state index contributed by atoms with van der Waals surface area (Å²) in [5, 5.41) is 10.6. The predicted molar refractivity (Wildman–Crippen MR) is 74.9 cm³/mol. The molecule has 0 bridgehead atoms. The van der Waals surface area contributed by atoms with Crippen LogP contribution in [0.3, 0.4) is 0 Å². The Hall–Kier alpha value is -1.47. The molecule has 1 aliphatic rings. The van der Waals surface area contributed by atoms with Crippen LogP contribution in [-0.4, -0.2) is 30.7 Å². The van der Waals surface area contributed by atoms with Crippen molar-refractivity contribution in [1.82, 2.24) is 4.31 Å². The molecule has 2 rings (SSSR count). The van der Waals surface area contributed by atoms with Crippen molar-refractivity contribution in [2.45, 2.75) is 43.0 Å². The van der Waals surface area contributed by atoms with Gasteiger partial charge < -0.3 is 0 Å². The van der Waals surface area contributed by atoms with Gasteiger partial charge in [-0.15, -0.1) is 0 Å². The van der Waals surface area contributed by atoms with Crippen LogP contribution in [-0.2, 0) is 10.0 Å². The highest BCUT2D eigenvalue weighted by molar-refractivity contribution is 7.89. The maximum absolute atomic E-state index is 12.5. The second-order valence-electron chi connectivity index (χ2n) is 5.06. The van der Waals surface area contributed by atoms with Crippen molar-refractivity contribution in [2.24, 2.45) is 0 Å². The van der Waals surface area contributed by atoms with Crippen molar-refractivity contribution in [1.29, 1.82) is 0 Å². The molecule has 7 heteroatoms. The highest BCUT2D eigenvalue weighted by atomic mass is 32.2. The van der Waals surface area contributed by atoms with Crippen LogP contribution < -0.4 is 0 Å². The maximum Gasteiger partial charge on any atom is 0.269 e. The summed E-state index contributed by atoms with van der Waals surface area (Å²) < 4.78 is 26.3. The van der Waals surface area contributed by atoms with E-state index in [4.69, 9.17) is 0 Å². The molecule has 0 aromatic heterocycles. The summed E-state index contributed by atoms with van der Waals surface area (Å²) >= 11 is 0. The third kappa shape index (κ3) is 2.99. The molecular weight excluding hydrogens is 280 g/mol. The fourth-order valence-corrected chi connectivity index (χ4v) is 3.96. The molecular formula is C13H18N2O4S. The van der Waals surface area contributed by atoms with Crippen LogP contribution in [0.5, 0.6) is 0 Å². The van der Waals surface area contributed by atoms with E-state index in [1.807, 2.05) is 0 Å². The Labute approximate surface area is 118 Å². The Bertz CT molecular complexity index is 577. The average molecular weight is 298 g/mol. The first-order valence-electron chi connectivity index (χ1n) is 6.65.